The van der Waals surface area contributed by atoms with E-state index in [0.717, 1.165) is 40.2 Å². The van der Waals surface area contributed by atoms with Crippen LogP contribution in [-0.4, -0.2) is 21.4 Å². The molecule has 4 rings (SSSR count). The molecule has 2 heterocycles. The van der Waals surface area contributed by atoms with E-state index in [9.17, 15) is 0 Å². The lowest BCUT2D eigenvalue weighted by Crippen LogP contribution is -2.05. The zero-order chi connectivity index (χ0) is 23.0. The Labute approximate surface area is 198 Å². The predicted molar refractivity (Wildman–Crippen MR) is 129 cm³/mol. The van der Waals surface area contributed by atoms with E-state index in [2.05, 4.69) is 17.0 Å². The third-order valence-electron chi connectivity index (χ3n) is 5.24. The van der Waals surface area contributed by atoms with Gasteiger partial charge in [0.05, 0.1) is 13.2 Å². The van der Waals surface area contributed by atoms with Gasteiger partial charge < -0.3 is 13.9 Å². The molecule has 0 fully saturated rings. The minimum Gasteiger partial charge on any atom is -0.487 e. The van der Waals surface area contributed by atoms with Gasteiger partial charge in [-0.3, -0.25) is 4.68 Å². The standard InChI is InChI=1S/C26H26ClN3O3/c1-19-15-25(9-6-21(19)16-31-14-12-24-11-13-28-30(24)2)32-17-23-18-33-26(29-23)10-5-20-3-7-22(27)8-4-20/h3-11,13,15,18H,12,14,16-17H2,1-2H3/b10-5+. The summed E-state index contributed by atoms with van der Waals surface area (Å²) in [6, 6.07) is 15.6. The summed E-state index contributed by atoms with van der Waals surface area (Å²) in [5.41, 5.74) is 5.17. The minimum atomic E-state index is 0.332. The lowest BCUT2D eigenvalue weighted by molar-refractivity contribution is 0.122. The second-order valence-electron chi connectivity index (χ2n) is 7.69. The lowest BCUT2D eigenvalue weighted by Gasteiger charge is -2.10. The molecule has 0 spiro atoms. The van der Waals surface area contributed by atoms with Crippen molar-refractivity contribution in [2.24, 2.45) is 7.05 Å². The van der Waals surface area contributed by atoms with Gasteiger partial charge in [-0.15, -0.1) is 0 Å². The number of rotatable bonds is 10. The Morgan fingerprint density at radius 2 is 1.91 bits per heavy atom. The summed E-state index contributed by atoms with van der Waals surface area (Å²) in [7, 11) is 1.94. The quantitative estimate of drug-likeness (QED) is 0.275. The van der Waals surface area contributed by atoms with Gasteiger partial charge in [-0.1, -0.05) is 29.8 Å². The molecule has 0 aliphatic heterocycles. The van der Waals surface area contributed by atoms with Crippen molar-refractivity contribution in [1.82, 2.24) is 14.8 Å². The first-order valence-electron chi connectivity index (χ1n) is 10.7. The topological polar surface area (TPSA) is 62.3 Å². The lowest BCUT2D eigenvalue weighted by atomic mass is 10.1. The molecule has 0 N–H and O–H groups in total. The van der Waals surface area contributed by atoms with Crippen molar-refractivity contribution in [3.63, 3.8) is 0 Å². The zero-order valence-corrected chi connectivity index (χ0v) is 19.5. The number of hydrogen-bond donors (Lipinski definition) is 0. The van der Waals surface area contributed by atoms with Gasteiger partial charge >= 0.3 is 0 Å². The smallest absolute Gasteiger partial charge is 0.218 e. The third-order valence-corrected chi connectivity index (χ3v) is 5.49. The number of hydrogen-bond acceptors (Lipinski definition) is 5. The van der Waals surface area contributed by atoms with Crippen LogP contribution in [0.15, 0.2) is 65.4 Å². The van der Waals surface area contributed by atoms with Gasteiger partial charge in [-0.25, -0.2) is 4.98 Å². The van der Waals surface area contributed by atoms with Crippen LogP contribution in [0.25, 0.3) is 12.2 Å². The summed E-state index contributed by atoms with van der Waals surface area (Å²) in [5, 5.41) is 4.88. The van der Waals surface area contributed by atoms with Crippen LogP contribution in [0.4, 0.5) is 0 Å². The van der Waals surface area contributed by atoms with Gasteiger partial charge in [-0.2, -0.15) is 5.10 Å². The van der Waals surface area contributed by atoms with E-state index in [1.54, 1.807) is 12.5 Å². The van der Waals surface area contributed by atoms with Crippen molar-refractivity contribution in [2.75, 3.05) is 6.61 Å². The molecule has 0 saturated heterocycles. The van der Waals surface area contributed by atoms with Crippen LogP contribution in [0.1, 0.15) is 34.0 Å². The summed E-state index contributed by atoms with van der Waals surface area (Å²) in [6.45, 7) is 3.61. The van der Waals surface area contributed by atoms with Crippen LogP contribution in [0.3, 0.4) is 0 Å². The molecule has 4 aromatic rings. The Bertz CT molecular complexity index is 1210. The number of nitrogens with zero attached hydrogens (tertiary/aromatic N) is 3. The van der Waals surface area contributed by atoms with Gasteiger partial charge in [0.1, 0.15) is 24.3 Å². The highest BCUT2D eigenvalue weighted by Gasteiger charge is 2.06. The molecule has 7 heteroatoms. The van der Waals surface area contributed by atoms with E-state index >= 15 is 0 Å². The van der Waals surface area contributed by atoms with Crippen LogP contribution in [0, 0.1) is 6.92 Å². The second-order valence-corrected chi connectivity index (χ2v) is 8.12. The molecular weight excluding hydrogens is 438 g/mol. The molecule has 2 aromatic heterocycles. The molecule has 0 aliphatic rings. The molecule has 0 unspecified atom stereocenters. The van der Waals surface area contributed by atoms with E-state index in [1.807, 2.05) is 72.4 Å². The van der Waals surface area contributed by atoms with Crippen molar-refractivity contribution in [2.45, 2.75) is 26.6 Å². The van der Waals surface area contributed by atoms with Crippen molar-refractivity contribution in [3.8, 4) is 5.75 Å². The highest BCUT2D eigenvalue weighted by atomic mass is 35.5. The highest BCUT2D eigenvalue weighted by molar-refractivity contribution is 6.30. The molecule has 33 heavy (non-hydrogen) atoms. The van der Waals surface area contributed by atoms with Crippen molar-refractivity contribution < 1.29 is 13.9 Å². The van der Waals surface area contributed by atoms with Crippen LogP contribution >= 0.6 is 11.6 Å². The van der Waals surface area contributed by atoms with Crippen LogP contribution in [-0.2, 0) is 31.4 Å². The predicted octanol–water partition coefficient (Wildman–Crippen LogP) is 5.88. The average Bonchev–Trinajstić information content (AvgIpc) is 3.44. The van der Waals surface area contributed by atoms with Gasteiger partial charge in [0.15, 0.2) is 0 Å². The Kier molecular flexibility index (Phi) is 7.60. The fourth-order valence-electron chi connectivity index (χ4n) is 3.29. The molecule has 0 saturated carbocycles. The average molecular weight is 464 g/mol. The van der Waals surface area contributed by atoms with E-state index in [-0.39, 0.29) is 0 Å². The van der Waals surface area contributed by atoms with Gasteiger partial charge in [0, 0.05) is 36.5 Å². The molecule has 170 valence electrons. The summed E-state index contributed by atoms with van der Waals surface area (Å²) in [5.74, 6) is 1.31. The number of benzene rings is 2. The third kappa shape index (κ3) is 6.57. The van der Waals surface area contributed by atoms with Crippen molar-refractivity contribution in [3.05, 3.63) is 100.0 Å². The maximum absolute atomic E-state index is 5.91. The Balaban J connectivity index is 1.24. The largest absolute Gasteiger partial charge is 0.487 e. The summed E-state index contributed by atoms with van der Waals surface area (Å²) in [4.78, 5) is 4.44. The number of aromatic nitrogens is 3. The van der Waals surface area contributed by atoms with Gasteiger partial charge in [0.25, 0.3) is 0 Å². The first-order valence-corrected chi connectivity index (χ1v) is 11.1. The number of aryl methyl sites for hydroxylation is 2. The van der Waals surface area contributed by atoms with E-state index in [1.165, 1.54) is 0 Å². The van der Waals surface area contributed by atoms with Gasteiger partial charge in [0.2, 0.25) is 5.89 Å². The number of oxazole rings is 1. The molecular formula is C26H26ClN3O3. The minimum absolute atomic E-state index is 0.332. The summed E-state index contributed by atoms with van der Waals surface area (Å²) < 4.78 is 19.1. The maximum Gasteiger partial charge on any atom is 0.218 e. The molecule has 0 bridgehead atoms. The summed E-state index contributed by atoms with van der Waals surface area (Å²) in [6.07, 6.45) is 7.99. The van der Waals surface area contributed by atoms with Gasteiger partial charge in [-0.05, 0) is 60.0 Å². The molecule has 0 amide bonds. The van der Waals surface area contributed by atoms with E-state index in [0.29, 0.717) is 30.7 Å². The molecule has 6 nitrogen and oxygen atoms in total. The van der Waals surface area contributed by atoms with Crippen LogP contribution < -0.4 is 4.74 Å². The molecule has 0 radical (unpaired) electrons. The monoisotopic (exact) mass is 463 g/mol. The van der Waals surface area contributed by atoms with E-state index < -0.39 is 0 Å². The van der Waals surface area contributed by atoms with E-state index in [4.69, 9.17) is 25.5 Å². The van der Waals surface area contributed by atoms with Crippen LogP contribution in [0.5, 0.6) is 5.75 Å². The second kappa shape index (κ2) is 11.0. The van der Waals surface area contributed by atoms with Crippen molar-refractivity contribution >= 4 is 23.8 Å². The number of halogens is 1. The SMILES string of the molecule is Cc1cc(OCc2coc(/C=C/c3ccc(Cl)cc3)n2)ccc1COCCc1ccnn1C. The van der Waals surface area contributed by atoms with Crippen molar-refractivity contribution in [1.29, 1.82) is 0 Å². The fraction of sp³-hybridized carbons (Fsp3) is 0.231. The normalized spacial score (nSPS) is 11.4. The highest BCUT2D eigenvalue weighted by Crippen LogP contribution is 2.20. The Hall–Kier alpha value is -3.35. The first-order chi connectivity index (χ1) is 16.1. The maximum atomic E-state index is 5.91. The Morgan fingerprint density at radius 3 is 2.67 bits per heavy atom. The first kappa shape index (κ1) is 22.8. The summed E-state index contributed by atoms with van der Waals surface area (Å²) >= 11 is 5.91. The Morgan fingerprint density at radius 1 is 1.06 bits per heavy atom. The zero-order valence-electron chi connectivity index (χ0n) is 18.7. The molecule has 2 aromatic carbocycles. The van der Waals surface area contributed by atoms with Crippen LogP contribution in [0.2, 0.25) is 5.02 Å². The molecule has 0 aliphatic carbocycles. The molecule has 0 atom stereocenters. The fourth-order valence-corrected chi connectivity index (χ4v) is 3.42. The number of ether oxygens (including phenoxy) is 2.